The second kappa shape index (κ2) is 6.37. The van der Waals surface area contributed by atoms with E-state index in [0.29, 0.717) is 6.54 Å². The predicted molar refractivity (Wildman–Crippen MR) is 79.4 cm³/mol. The van der Waals surface area contributed by atoms with Crippen molar-refractivity contribution >= 4 is 5.91 Å². The van der Waals surface area contributed by atoms with E-state index in [1.165, 1.54) is 18.4 Å². The highest BCUT2D eigenvalue weighted by atomic mass is 16.2. The molecule has 2 aliphatic heterocycles. The minimum absolute atomic E-state index is 0.181. The van der Waals surface area contributed by atoms with Crippen LogP contribution in [0.5, 0.6) is 0 Å². The molecule has 108 valence electrons. The van der Waals surface area contributed by atoms with Crippen molar-refractivity contribution < 1.29 is 4.79 Å². The quantitative estimate of drug-likeness (QED) is 0.900. The van der Waals surface area contributed by atoms with E-state index in [1.54, 1.807) is 0 Å². The third kappa shape index (κ3) is 3.02. The Morgan fingerprint density at radius 1 is 1.15 bits per heavy atom. The maximum Gasteiger partial charge on any atom is 0.237 e. The van der Waals surface area contributed by atoms with E-state index < -0.39 is 0 Å². The van der Waals surface area contributed by atoms with E-state index in [9.17, 15) is 4.79 Å². The molecular formula is C16H23N3O. The normalized spacial score (nSPS) is 24.0. The van der Waals surface area contributed by atoms with Gasteiger partial charge in [-0.1, -0.05) is 30.3 Å². The van der Waals surface area contributed by atoms with Crippen LogP contribution in [0.15, 0.2) is 30.3 Å². The van der Waals surface area contributed by atoms with Gasteiger partial charge in [-0.15, -0.1) is 0 Å². The third-order valence-electron chi connectivity index (χ3n) is 4.31. The molecule has 20 heavy (non-hydrogen) atoms. The van der Waals surface area contributed by atoms with Crippen molar-refractivity contribution in [3.63, 3.8) is 0 Å². The van der Waals surface area contributed by atoms with Crippen molar-refractivity contribution in [1.82, 2.24) is 15.1 Å². The minimum Gasteiger partial charge on any atom is -0.332 e. The molecule has 0 saturated carbocycles. The molecule has 0 unspecified atom stereocenters. The fraction of sp³-hybridized carbons (Fsp3) is 0.562. The van der Waals surface area contributed by atoms with Crippen molar-refractivity contribution in [3.05, 3.63) is 35.9 Å². The van der Waals surface area contributed by atoms with Gasteiger partial charge in [0.05, 0.1) is 12.6 Å². The van der Waals surface area contributed by atoms with Gasteiger partial charge in [0.2, 0.25) is 5.91 Å². The van der Waals surface area contributed by atoms with Gasteiger partial charge < -0.3 is 10.2 Å². The van der Waals surface area contributed by atoms with E-state index in [1.807, 2.05) is 18.2 Å². The summed E-state index contributed by atoms with van der Waals surface area (Å²) in [4.78, 5) is 16.9. The van der Waals surface area contributed by atoms with Crippen LogP contribution in [0, 0.1) is 0 Å². The van der Waals surface area contributed by atoms with Crippen LogP contribution >= 0.6 is 0 Å². The Labute approximate surface area is 120 Å². The lowest BCUT2D eigenvalue weighted by molar-refractivity contribution is -0.135. The molecule has 0 aliphatic carbocycles. The number of carbonyl (C=O) groups is 1. The number of likely N-dealkylation sites (tertiary alicyclic amines) is 1. The summed E-state index contributed by atoms with van der Waals surface area (Å²) in [6.07, 6.45) is 2.47. The van der Waals surface area contributed by atoms with E-state index in [-0.39, 0.29) is 11.9 Å². The van der Waals surface area contributed by atoms with Crippen LogP contribution < -0.4 is 5.32 Å². The summed E-state index contributed by atoms with van der Waals surface area (Å²) in [6.45, 7) is 5.31. The molecule has 2 aliphatic rings. The zero-order valence-electron chi connectivity index (χ0n) is 11.9. The fourth-order valence-corrected chi connectivity index (χ4v) is 3.20. The van der Waals surface area contributed by atoms with Gasteiger partial charge >= 0.3 is 0 Å². The predicted octanol–water partition coefficient (Wildman–Crippen LogP) is 1.26. The van der Waals surface area contributed by atoms with Crippen molar-refractivity contribution in [1.29, 1.82) is 0 Å². The highest BCUT2D eigenvalue weighted by Crippen LogP contribution is 2.22. The first-order valence-electron chi connectivity index (χ1n) is 7.62. The Balaban J connectivity index is 1.70. The topological polar surface area (TPSA) is 35.6 Å². The Morgan fingerprint density at radius 3 is 2.65 bits per heavy atom. The molecule has 1 atom stereocenters. The number of nitrogens with one attached hydrogen (secondary N) is 1. The number of benzene rings is 1. The van der Waals surface area contributed by atoms with Gasteiger partial charge in [-0.2, -0.15) is 0 Å². The molecular weight excluding hydrogens is 250 g/mol. The number of nitrogens with zero attached hydrogens (tertiary/aromatic N) is 2. The number of hydrogen-bond acceptors (Lipinski definition) is 3. The van der Waals surface area contributed by atoms with Gasteiger partial charge in [-0.25, -0.2) is 0 Å². The average Bonchev–Trinajstić information content (AvgIpc) is 3.01. The molecule has 1 N–H and O–H groups in total. The Hall–Kier alpha value is -1.39. The number of hydrogen-bond donors (Lipinski definition) is 1. The molecule has 3 rings (SSSR count). The summed E-state index contributed by atoms with van der Waals surface area (Å²) in [5.74, 6) is 0.280. The lowest BCUT2D eigenvalue weighted by atomic mass is 10.0. The monoisotopic (exact) mass is 273 g/mol. The maximum atomic E-state index is 12.6. The fourth-order valence-electron chi connectivity index (χ4n) is 3.20. The zero-order chi connectivity index (χ0) is 13.8. The molecule has 0 aromatic heterocycles. The maximum absolute atomic E-state index is 12.6. The molecule has 0 spiro atoms. The Morgan fingerprint density at radius 2 is 1.90 bits per heavy atom. The summed E-state index contributed by atoms with van der Waals surface area (Å²) in [7, 11) is 0. The largest absolute Gasteiger partial charge is 0.332 e. The minimum atomic E-state index is 0.181. The number of rotatable bonds is 3. The Bertz CT molecular complexity index is 442. The van der Waals surface area contributed by atoms with E-state index in [0.717, 1.165) is 32.7 Å². The van der Waals surface area contributed by atoms with E-state index in [2.05, 4.69) is 27.2 Å². The highest BCUT2D eigenvalue weighted by Gasteiger charge is 2.29. The van der Waals surface area contributed by atoms with Crippen LogP contribution in [-0.4, -0.2) is 55.0 Å². The summed E-state index contributed by atoms with van der Waals surface area (Å²) < 4.78 is 0. The first kappa shape index (κ1) is 13.6. The van der Waals surface area contributed by atoms with Crippen LogP contribution in [0.25, 0.3) is 0 Å². The third-order valence-corrected chi connectivity index (χ3v) is 4.31. The van der Waals surface area contributed by atoms with Crippen LogP contribution in [0.3, 0.4) is 0 Å². The first-order valence-corrected chi connectivity index (χ1v) is 7.62. The van der Waals surface area contributed by atoms with Gasteiger partial charge in [0.1, 0.15) is 0 Å². The number of carbonyl (C=O) groups excluding carboxylic acids is 1. The lowest BCUT2D eigenvalue weighted by Crippen LogP contribution is -2.51. The van der Waals surface area contributed by atoms with Crippen LogP contribution in [0.2, 0.25) is 0 Å². The molecule has 2 saturated heterocycles. The molecule has 0 bridgehead atoms. The second-order valence-electron chi connectivity index (χ2n) is 5.70. The molecule has 2 fully saturated rings. The molecule has 1 aromatic carbocycles. The summed E-state index contributed by atoms with van der Waals surface area (Å²) in [5, 5.41) is 3.40. The van der Waals surface area contributed by atoms with Gasteiger partial charge in [0.25, 0.3) is 0 Å². The highest BCUT2D eigenvalue weighted by molar-refractivity contribution is 5.79. The molecule has 1 aromatic rings. The smallest absolute Gasteiger partial charge is 0.237 e. The van der Waals surface area contributed by atoms with Crippen molar-refractivity contribution in [2.24, 2.45) is 0 Å². The molecule has 0 radical (unpaired) electrons. The number of amides is 1. The van der Waals surface area contributed by atoms with Crippen molar-refractivity contribution in [2.75, 3.05) is 39.3 Å². The van der Waals surface area contributed by atoms with Crippen LogP contribution in [-0.2, 0) is 4.79 Å². The van der Waals surface area contributed by atoms with E-state index in [4.69, 9.17) is 0 Å². The van der Waals surface area contributed by atoms with Crippen LogP contribution in [0.4, 0.5) is 0 Å². The van der Waals surface area contributed by atoms with Crippen molar-refractivity contribution in [2.45, 2.75) is 18.9 Å². The number of piperazine rings is 1. The summed E-state index contributed by atoms with van der Waals surface area (Å²) >= 11 is 0. The second-order valence-corrected chi connectivity index (χ2v) is 5.70. The molecule has 4 heteroatoms. The van der Waals surface area contributed by atoms with Crippen molar-refractivity contribution in [3.8, 4) is 0 Å². The summed E-state index contributed by atoms with van der Waals surface area (Å²) in [5.41, 5.74) is 1.23. The average molecular weight is 273 g/mol. The Kier molecular flexibility index (Phi) is 4.33. The molecule has 4 nitrogen and oxygen atoms in total. The van der Waals surface area contributed by atoms with Crippen LogP contribution in [0.1, 0.15) is 24.4 Å². The van der Waals surface area contributed by atoms with Gasteiger partial charge in [0.15, 0.2) is 0 Å². The lowest BCUT2D eigenvalue weighted by Gasteiger charge is -2.37. The van der Waals surface area contributed by atoms with Gasteiger partial charge in [0, 0.05) is 19.6 Å². The summed E-state index contributed by atoms with van der Waals surface area (Å²) in [6, 6.07) is 10.5. The molecule has 1 amide bonds. The molecule has 2 heterocycles. The standard InChI is InChI=1S/C16H23N3O/c20-16(13-18-9-4-5-10-18)19-11-8-17-12-15(19)14-6-2-1-3-7-14/h1-3,6-7,15,17H,4-5,8-13H2/t15-/m1/s1. The van der Waals surface area contributed by atoms with Gasteiger partial charge in [-0.3, -0.25) is 9.69 Å². The van der Waals surface area contributed by atoms with Gasteiger partial charge in [-0.05, 0) is 31.5 Å². The van der Waals surface area contributed by atoms with E-state index >= 15 is 0 Å². The SMILES string of the molecule is O=C(CN1CCCC1)N1CCNC[C@@H]1c1ccccc1. The first-order chi connectivity index (χ1) is 9.84. The zero-order valence-corrected chi connectivity index (χ0v) is 11.9.